The van der Waals surface area contributed by atoms with E-state index >= 15 is 0 Å². The highest BCUT2D eigenvalue weighted by molar-refractivity contribution is 9.10. The Bertz CT molecular complexity index is 331. The second-order valence-electron chi connectivity index (χ2n) is 4.45. The van der Waals surface area contributed by atoms with Crippen LogP contribution < -0.4 is 5.32 Å². The maximum Gasteiger partial charge on any atom is 0.0608 e. The van der Waals surface area contributed by atoms with Crippen LogP contribution in [0.2, 0.25) is 0 Å². The van der Waals surface area contributed by atoms with Gasteiger partial charge in [-0.2, -0.15) is 0 Å². The van der Waals surface area contributed by atoms with Crippen LogP contribution in [-0.2, 0) is 0 Å². The summed E-state index contributed by atoms with van der Waals surface area (Å²) in [6.07, 6.45) is 0.735. The number of hydrogen-bond acceptors (Lipinski definition) is 2. The first-order chi connectivity index (χ1) is 6.88. The Morgan fingerprint density at radius 2 is 2.07 bits per heavy atom. The van der Waals surface area contributed by atoms with Gasteiger partial charge in [-0.05, 0) is 44.9 Å². The summed E-state index contributed by atoms with van der Waals surface area (Å²) in [6.45, 7) is 6.49. The van der Waals surface area contributed by atoms with Crippen molar-refractivity contribution >= 4 is 21.6 Å². The number of benzene rings is 1. The molecule has 1 aromatic rings. The van der Waals surface area contributed by atoms with E-state index < -0.39 is 5.60 Å². The highest BCUT2D eigenvalue weighted by Gasteiger charge is 2.11. The molecule has 0 amide bonds. The minimum atomic E-state index is -0.604. The van der Waals surface area contributed by atoms with E-state index in [9.17, 15) is 5.11 Å². The summed E-state index contributed by atoms with van der Waals surface area (Å²) in [7, 11) is 0. The van der Waals surface area contributed by atoms with E-state index in [1.807, 2.05) is 19.9 Å². The highest BCUT2D eigenvalue weighted by Crippen LogP contribution is 2.21. The number of halogens is 1. The zero-order valence-electron chi connectivity index (χ0n) is 9.47. The monoisotopic (exact) mass is 271 g/mol. The van der Waals surface area contributed by atoms with Gasteiger partial charge in [0.2, 0.25) is 0 Å². The van der Waals surface area contributed by atoms with Crippen molar-refractivity contribution in [2.45, 2.75) is 32.8 Å². The van der Waals surface area contributed by atoms with Gasteiger partial charge in [0.05, 0.1) is 5.60 Å². The van der Waals surface area contributed by atoms with E-state index in [4.69, 9.17) is 0 Å². The number of anilines is 1. The molecule has 15 heavy (non-hydrogen) atoms. The van der Waals surface area contributed by atoms with Crippen molar-refractivity contribution in [1.82, 2.24) is 0 Å². The molecule has 0 spiro atoms. The molecule has 84 valence electrons. The molecule has 1 aromatic carbocycles. The van der Waals surface area contributed by atoms with E-state index in [0.717, 1.165) is 23.1 Å². The first kappa shape index (κ1) is 12.5. The van der Waals surface area contributed by atoms with Gasteiger partial charge in [0, 0.05) is 16.7 Å². The fourth-order valence-corrected chi connectivity index (χ4v) is 1.65. The molecule has 0 atom stereocenters. The van der Waals surface area contributed by atoms with E-state index in [1.54, 1.807) is 0 Å². The summed E-state index contributed by atoms with van der Waals surface area (Å²) >= 11 is 3.44. The Hall–Kier alpha value is -0.540. The lowest BCUT2D eigenvalue weighted by Gasteiger charge is -2.18. The highest BCUT2D eigenvalue weighted by atomic mass is 79.9. The third kappa shape index (κ3) is 4.67. The quantitative estimate of drug-likeness (QED) is 0.881. The Labute approximate surface area is 99.8 Å². The molecule has 0 aliphatic carbocycles. The number of rotatable bonds is 4. The van der Waals surface area contributed by atoms with Gasteiger partial charge in [-0.1, -0.05) is 22.0 Å². The Morgan fingerprint density at radius 1 is 1.40 bits per heavy atom. The zero-order chi connectivity index (χ0) is 11.5. The Morgan fingerprint density at radius 3 is 2.67 bits per heavy atom. The molecule has 0 saturated heterocycles. The summed E-state index contributed by atoms with van der Waals surface area (Å²) in [4.78, 5) is 0. The van der Waals surface area contributed by atoms with Crippen molar-refractivity contribution in [3.05, 3.63) is 28.2 Å². The lowest BCUT2D eigenvalue weighted by molar-refractivity contribution is 0.0749. The standard InChI is InChI=1S/C12H18BrNO/c1-9-4-5-10(13)8-11(9)14-7-6-12(2,3)15/h4-5,8,14-15H,6-7H2,1-3H3. The molecule has 0 aliphatic heterocycles. The largest absolute Gasteiger partial charge is 0.390 e. The fourth-order valence-electron chi connectivity index (χ4n) is 1.29. The molecule has 0 aliphatic rings. The second kappa shape index (κ2) is 4.99. The SMILES string of the molecule is Cc1ccc(Br)cc1NCCC(C)(C)O. The average molecular weight is 272 g/mol. The molecule has 0 saturated carbocycles. The molecule has 0 heterocycles. The first-order valence-corrected chi connectivity index (χ1v) is 5.90. The van der Waals surface area contributed by atoms with E-state index in [-0.39, 0.29) is 0 Å². The minimum Gasteiger partial charge on any atom is -0.390 e. The van der Waals surface area contributed by atoms with Crippen LogP contribution in [0, 0.1) is 6.92 Å². The number of hydrogen-bond donors (Lipinski definition) is 2. The fraction of sp³-hybridized carbons (Fsp3) is 0.500. The van der Waals surface area contributed by atoms with E-state index in [2.05, 4.69) is 40.3 Å². The van der Waals surface area contributed by atoms with Gasteiger partial charge >= 0.3 is 0 Å². The predicted molar refractivity (Wildman–Crippen MR) is 68.3 cm³/mol. The van der Waals surface area contributed by atoms with Crippen molar-refractivity contribution in [1.29, 1.82) is 0 Å². The van der Waals surface area contributed by atoms with Crippen LogP contribution in [0.15, 0.2) is 22.7 Å². The maximum atomic E-state index is 9.57. The normalized spacial score (nSPS) is 11.5. The molecule has 0 bridgehead atoms. The van der Waals surface area contributed by atoms with Crippen LogP contribution in [0.3, 0.4) is 0 Å². The summed E-state index contributed by atoms with van der Waals surface area (Å²) < 4.78 is 1.07. The topological polar surface area (TPSA) is 32.3 Å². The average Bonchev–Trinajstić information content (AvgIpc) is 2.09. The van der Waals surface area contributed by atoms with Crippen molar-refractivity contribution in [2.75, 3.05) is 11.9 Å². The predicted octanol–water partition coefficient (Wildman–Crippen LogP) is 3.33. The van der Waals surface area contributed by atoms with Crippen LogP contribution in [0.5, 0.6) is 0 Å². The van der Waals surface area contributed by atoms with Gasteiger partial charge < -0.3 is 10.4 Å². The number of nitrogens with one attached hydrogen (secondary N) is 1. The van der Waals surface area contributed by atoms with Crippen molar-refractivity contribution in [2.24, 2.45) is 0 Å². The maximum absolute atomic E-state index is 9.57. The molecule has 3 heteroatoms. The van der Waals surface area contributed by atoms with E-state index in [1.165, 1.54) is 5.56 Å². The van der Waals surface area contributed by atoms with Crippen LogP contribution in [-0.4, -0.2) is 17.3 Å². The molecule has 2 N–H and O–H groups in total. The summed E-state index contributed by atoms with van der Waals surface area (Å²) in [5, 5.41) is 12.9. The van der Waals surface area contributed by atoms with Crippen molar-refractivity contribution in [3.8, 4) is 0 Å². The molecule has 1 rings (SSSR count). The first-order valence-electron chi connectivity index (χ1n) is 5.11. The Balaban J connectivity index is 2.54. The molecular formula is C12H18BrNO. The zero-order valence-corrected chi connectivity index (χ0v) is 11.1. The van der Waals surface area contributed by atoms with Gasteiger partial charge in [-0.25, -0.2) is 0 Å². The molecule has 2 nitrogen and oxygen atoms in total. The molecule has 0 aromatic heterocycles. The molecule has 0 unspecified atom stereocenters. The van der Waals surface area contributed by atoms with Gasteiger partial charge in [-0.15, -0.1) is 0 Å². The lowest BCUT2D eigenvalue weighted by atomic mass is 10.1. The summed E-state index contributed by atoms with van der Waals surface area (Å²) in [5.41, 5.74) is 1.73. The molecular weight excluding hydrogens is 254 g/mol. The third-order valence-electron chi connectivity index (χ3n) is 2.25. The van der Waals surface area contributed by atoms with Crippen LogP contribution in [0.1, 0.15) is 25.8 Å². The number of aryl methyl sites for hydroxylation is 1. The van der Waals surface area contributed by atoms with Gasteiger partial charge in [0.25, 0.3) is 0 Å². The number of aliphatic hydroxyl groups is 1. The van der Waals surface area contributed by atoms with Gasteiger partial charge in [0.15, 0.2) is 0 Å². The summed E-state index contributed by atoms with van der Waals surface area (Å²) in [6, 6.07) is 6.15. The van der Waals surface area contributed by atoms with Crippen LogP contribution >= 0.6 is 15.9 Å². The van der Waals surface area contributed by atoms with Gasteiger partial charge in [-0.3, -0.25) is 0 Å². The van der Waals surface area contributed by atoms with E-state index in [0.29, 0.717) is 0 Å². The van der Waals surface area contributed by atoms with Crippen molar-refractivity contribution < 1.29 is 5.11 Å². The van der Waals surface area contributed by atoms with Crippen molar-refractivity contribution in [3.63, 3.8) is 0 Å². The summed E-state index contributed by atoms with van der Waals surface area (Å²) in [5.74, 6) is 0. The van der Waals surface area contributed by atoms with Gasteiger partial charge in [0.1, 0.15) is 0 Å². The molecule has 0 radical (unpaired) electrons. The smallest absolute Gasteiger partial charge is 0.0608 e. The Kier molecular flexibility index (Phi) is 4.17. The second-order valence-corrected chi connectivity index (χ2v) is 5.36. The third-order valence-corrected chi connectivity index (χ3v) is 2.75. The van der Waals surface area contributed by atoms with Crippen LogP contribution in [0.25, 0.3) is 0 Å². The van der Waals surface area contributed by atoms with Crippen LogP contribution in [0.4, 0.5) is 5.69 Å². The molecule has 0 fully saturated rings. The lowest BCUT2D eigenvalue weighted by Crippen LogP contribution is -2.22. The minimum absolute atomic E-state index is 0.604.